The summed E-state index contributed by atoms with van der Waals surface area (Å²) in [6.07, 6.45) is 0. The van der Waals surface area contributed by atoms with Crippen molar-refractivity contribution in [1.82, 2.24) is 25.1 Å². The Bertz CT molecular complexity index is 1250. The van der Waals surface area contributed by atoms with Crippen LogP contribution in [0.2, 0.25) is 0 Å². The van der Waals surface area contributed by atoms with Gasteiger partial charge in [-0.2, -0.15) is 0 Å². The Morgan fingerprint density at radius 1 is 0.806 bits per heavy atom. The number of rotatable bonds is 8. The highest BCUT2D eigenvalue weighted by atomic mass is 19.1. The first-order valence-corrected chi connectivity index (χ1v) is 11.9. The summed E-state index contributed by atoms with van der Waals surface area (Å²) in [6, 6.07) is 22.4. The van der Waals surface area contributed by atoms with E-state index in [2.05, 4.69) is 37.5 Å². The summed E-state index contributed by atoms with van der Waals surface area (Å²) in [5.74, 6) is 2.11. The zero-order valence-electron chi connectivity index (χ0n) is 20.4. The Labute approximate surface area is 209 Å². The Hall–Kier alpha value is -3.98. The Morgan fingerprint density at radius 2 is 1.42 bits per heavy atom. The minimum absolute atomic E-state index is 0.197. The second-order valence-corrected chi connectivity index (χ2v) is 8.72. The fourth-order valence-electron chi connectivity index (χ4n) is 4.62. The van der Waals surface area contributed by atoms with E-state index in [1.165, 1.54) is 12.1 Å². The van der Waals surface area contributed by atoms with Gasteiger partial charge in [0.05, 0.1) is 26.8 Å². The molecule has 2 heterocycles. The van der Waals surface area contributed by atoms with Crippen molar-refractivity contribution in [2.24, 2.45) is 0 Å². The lowest BCUT2D eigenvalue weighted by molar-refractivity contribution is 0.201. The van der Waals surface area contributed by atoms with Gasteiger partial charge < -0.3 is 14.4 Å². The second-order valence-electron chi connectivity index (χ2n) is 8.72. The van der Waals surface area contributed by atoms with Crippen LogP contribution in [-0.4, -0.2) is 65.5 Å². The molecule has 0 amide bonds. The standard InChI is InChI=1S/C27H29FN6O2/c1-35-24-11-3-20(4-12-24)19-34-27(29-30-31-34)26(21-5-7-22(28)8-6-21)33-17-15-32(16-18-33)23-9-13-25(36-2)14-10-23/h3-14,26H,15-19H2,1-2H3/t26-/m1/s1. The van der Waals surface area contributed by atoms with Crippen LogP contribution in [0.25, 0.3) is 0 Å². The van der Waals surface area contributed by atoms with Crippen LogP contribution in [0.15, 0.2) is 72.8 Å². The van der Waals surface area contributed by atoms with Crippen LogP contribution >= 0.6 is 0 Å². The van der Waals surface area contributed by atoms with Gasteiger partial charge in [-0.15, -0.1) is 5.10 Å². The highest BCUT2D eigenvalue weighted by Gasteiger charge is 2.31. The highest BCUT2D eigenvalue weighted by molar-refractivity contribution is 5.49. The molecule has 1 saturated heterocycles. The van der Waals surface area contributed by atoms with Crippen LogP contribution in [0.5, 0.6) is 11.5 Å². The highest BCUT2D eigenvalue weighted by Crippen LogP contribution is 2.30. The molecule has 0 spiro atoms. The third kappa shape index (κ3) is 5.16. The number of methoxy groups -OCH3 is 2. The van der Waals surface area contributed by atoms with Gasteiger partial charge in [-0.05, 0) is 70.1 Å². The monoisotopic (exact) mass is 488 g/mol. The molecule has 0 bridgehead atoms. The van der Waals surface area contributed by atoms with E-state index in [1.54, 1.807) is 14.2 Å². The number of piperazine rings is 1. The lowest BCUT2D eigenvalue weighted by Crippen LogP contribution is -2.48. The summed E-state index contributed by atoms with van der Waals surface area (Å²) in [5, 5.41) is 12.7. The summed E-state index contributed by atoms with van der Waals surface area (Å²) < 4.78 is 26.2. The molecule has 0 saturated carbocycles. The van der Waals surface area contributed by atoms with Crippen molar-refractivity contribution in [3.63, 3.8) is 0 Å². The van der Waals surface area contributed by atoms with Crippen LogP contribution in [-0.2, 0) is 6.54 Å². The molecule has 4 aromatic rings. The Morgan fingerprint density at radius 3 is 2.03 bits per heavy atom. The van der Waals surface area contributed by atoms with Gasteiger partial charge in [0, 0.05) is 31.9 Å². The molecule has 0 aliphatic carbocycles. The van der Waals surface area contributed by atoms with Gasteiger partial charge in [0.15, 0.2) is 5.82 Å². The largest absolute Gasteiger partial charge is 0.497 e. The van der Waals surface area contributed by atoms with E-state index >= 15 is 0 Å². The maximum absolute atomic E-state index is 13.8. The molecule has 8 nitrogen and oxygen atoms in total. The van der Waals surface area contributed by atoms with Crippen molar-refractivity contribution in [3.05, 3.63) is 95.6 Å². The maximum Gasteiger partial charge on any atom is 0.173 e. The lowest BCUT2D eigenvalue weighted by atomic mass is 10.0. The van der Waals surface area contributed by atoms with Gasteiger partial charge in [0.25, 0.3) is 0 Å². The summed E-state index contributed by atoms with van der Waals surface area (Å²) >= 11 is 0. The Kier molecular flexibility index (Phi) is 7.08. The molecular formula is C27H29FN6O2. The SMILES string of the molecule is COc1ccc(Cn2nnnc2[C@@H](c2ccc(F)cc2)N2CCN(c3ccc(OC)cc3)CC2)cc1. The molecule has 3 aromatic carbocycles. The number of ether oxygens (including phenoxy) is 2. The van der Waals surface area contributed by atoms with E-state index in [9.17, 15) is 4.39 Å². The molecule has 0 N–H and O–H groups in total. The average molecular weight is 489 g/mol. The van der Waals surface area contributed by atoms with Crippen molar-refractivity contribution in [3.8, 4) is 11.5 Å². The van der Waals surface area contributed by atoms with Crippen molar-refractivity contribution < 1.29 is 13.9 Å². The molecule has 1 aliphatic heterocycles. The van der Waals surface area contributed by atoms with Crippen molar-refractivity contribution in [2.45, 2.75) is 12.6 Å². The van der Waals surface area contributed by atoms with E-state index in [-0.39, 0.29) is 11.9 Å². The van der Waals surface area contributed by atoms with E-state index < -0.39 is 0 Å². The molecule has 0 radical (unpaired) electrons. The van der Waals surface area contributed by atoms with Crippen molar-refractivity contribution >= 4 is 5.69 Å². The van der Waals surface area contributed by atoms with Crippen LogP contribution in [0, 0.1) is 5.82 Å². The van der Waals surface area contributed by atoms with Crippen LogP contribution < -0.4 is 14.4 Å². The van der Waals surface area contributed by atoms with Gasteiger partial charge in [-0.25, -0.2) is 9.07 Å². The number of hydrogen-bond acceptors (Lipinski definition) is 7. The van der Waals surface area contributed by atoms with Gasteiger partial charge >= 0.3 is 0 Å². The zero-order valence-corrected chi connectivity index (χ0v) is 20.4. The topological polar surface area (TPSA) is 68.5 Å². The van der Waals surface area contributed by atoms with Gasteiger partial charge in [-0.3, -0.25) is 4.90 Å². The number of halogens is 1. The van der Waals surface area contributed by atoms with E-state index in [1.807, 2.05) is 53.2 Å². The zero-order chi connectivity index (χ0) is 24.9. The third-order valence-electron chi connectivity index (χ3n) is 6.60. The molecular weight excluding hydrogens is 459 g/mol. The van der Waals surface area contributed by atoms with Crippen LogP contribution in [0.1, 0.15) is 23.0 Å². The first kappa shape index (κ1) is 23.7. The number of benzene rings is 3. The normalized spacial score (nSPS) is 15.0. The minimum Gasteiger partial charge on any atom is -0.497 e. The first-order chi connectivity index (χ1) is 17.6. The number of hydrogen-bond donors (Lipinski definition) is 0. The van der Waals surface area contributed by atoms with Crippen LogP contribution in [0.3, 0.4) is 0 Å². The first-order valence-electron chi connectivity index (χ1n) is 11.9. The van der Waals surface area contributed by atoms with Gasteiger partial charge in [0.1, 0.15) is 17.3 Å². The maximum atomic E-state index is 13.8. The quantitative estimate of drug-likeness (QED) is 0.374. The average Bonchev–Trinajstić information content (AvgIpc) is 3.38. The summed E-state index contributed by atoms with van der Waals surface area (Å²) in [7, 11) is 3.32. The molecule has 1 fully saturated rings. The molecule has 0 unspecified atom stereocenters. The minimum atomic E-state index is -0.264. The predicted molar refractivity (Wildman–Crippen MR) is 135 cm³/mol. The third-order valence-corrected chi connectivity index (χ3v) is 6.60. The second kappa shape index (κ2) is 10.7. The summed E-state index contributed by atoms with van der Waals surface area (Å²) in [5.41, 5.74) is 3.18. The summed E-state index contributed by atoms with van der Waals surface area (Å²) in [4.78, 5) is 4.72. The molecule has 9 heteroatoms. The van der Waals surface area contributed by atoms with Crippen molar-refractivity contribution in [1.29, 1.82) is 0 Å². The smallest absolute Gasteiger partial charge is 0.173 e. The molecule has 1 aliphatic rings. The molecule has 1 atom stereocenters. The molecule has 186 valence electrons. The van der Waals surface area contributed by atoms with Crippen molar-refractivity contribution in [2.75, 3.05) is 45.3 Å². The number of tetrazole rings is 1. The number of anilines is 1. The van der Waals surface area contributed by atoms with E-state index in [4.69, 9.17) is 9.47 Å². The van der Waals surface area contributed by atoms with Crippen LogP contribution in [0.4, 0.5) is 10.1 Å². The summed E-state index contributed by atoms with van der Waals surface area (Å²) in [6.45, 7) is 3.84. The Balaban J connectivity index is 1.39. The fraction of sp³-hybridized carbons (Fsp3) is 0.296. The number of nitrogens with zero attached hydrogens (tertiary/aromatic N) is 6. The molecule has 36 heavy (non-hydrogen) atoms. The molecule has 5 rings (SSSR count). The lowest BCUT2D eigenvalue weighted by Gasteiger charge is -2.40. The molecule has 1 aromatic heterocycles. The van der Waals surface area contributed by atoms with Gasteiger partial charge in [-0.1, -0.05) is 24.3 Å². The fourth-order valence-corrected chi connectivity index (χ4v) is 4.62. The van der Waals surface area contributed by atoms with E-state index in [0.717, 1.165) is 60.3 Å². The van der Waals surface area contributed by atoms with Gasteiger partial charge in [0.2, 0.25) is 0 Å². The van der Waals surface area contributed by atoms with E-state index in [0.29, 0.717) is 6.54 Å². The predicted octanol–water partition coefficient (Wildman–Crippen LogP) is 3.79. The number of aromatic nitrogens is 4.